The van der Waals surface area contributed by atoms with Crippen molar-refractivity contribution in [1.29, 1.82) is 0 Å². The van der Waals surface area contributed by atoms with Crippen LogP contribution in [0.4, 0.5) is 32.0 Å². The van der Waals surface area contributed by atoms with Crippen molar-refractivity contribution in [2.75, 3.05) is 38.3 Å². The molecule has 6 nitrogen and oxygen atoms in total. The fourth-order valence-electron chi connectivity index (χ4n) is 4.12. The van der Waals surface area contributed by atoms with Gasteiger partial charge in [0.25, 0.3) is 5.60 Å². The molecule has 1 aromatic heterocycles. The van der Waals surface area contributed by atoms with Crippen LogP contribution in [0.1, 0.15) is 27.3 Å². The summed E-state index contributed by atoms with van der Waals surface area (Å²) < 4.78 is 90.1. The van der Waals surface area contributed by atoms with Gasteiger partial charge < -0.3 is 19.5 Å². The largest absolute Gasteiger partial charge is 0.495 e. The molecule has 2 aromatic rings. The summed E-state index contributed by atoms with van der Waals surface area (Å²) in [6, 6.07) is 5.85. The number of fused-ring (bicyclic) bond motifs is 1. The van der Waals surface area contributed by atoms with E-state index in [9.17, 15) is 36.2 Å². The maximum absolute atomic E-state index is 13.2. The quantitative estimate of drug-likeness (QED) is 0.503. The third-order valence-corrected chi connectivity index (χ3v) is 5.96. The van der Waals surface area contributed by atoms with Gasteiger partial charge in [-0.2, -0.15) is 26.3 Å². The fraction of sp³-hybridized carbons (Fsp3) is 0.391. The molecule has 0 unspecified atom stereocenters. The maximum Gasteiger partial charge on any atom is 0.432 e. The third-order valence-electron chi connectivity index (χ3n) is 5.96. The van der Waals surface area contributed by atoms with Gasteiger partial charge in [-0.3, -0.25) is 4.79 Å². The first-order valence-corrected chi connectivity index (χ1v) is 10.5. The van der Waals surface area contributed by atoms with Crippen LogP contribution >= 0.6 is 0 Å². The molecule has 12 heteroatoms. The number of allylic oxidation sites excluding steroid dienone is 1. The van der Waals surface area contributed by atoms with Gasteiger partial charge >= 0.3 is 12.4 Å². The van der Waals surface area contributed by atoms with Gasteiger partial charge in [0, 0.05) is 30.6 Å². The number of ketones is 1. The number of methoxy groups -OCH3 is 1. The van der Waals surface area contributed by atoms with Gasteiger partial charge in [-0.05, 0) is 35.9 Å². The summed E-state index contributed by atoms with van der Waals surface area (Å²) in [5, 5.41) is 9.62. The van der Waals surface area contributed by atoms with Crippen molar-refractivity contribution in [3.8, 4) is 5.75 Å². The van der Waals surface area contributed by atoms with Gasteiger partial charge in [-0.15, -0.1) is 0 Å². The Morgan fingerprint density at radius 1 is 1.09 bits per heavy atom. The lowest BCUT2D eigenvalue weighted by Crippen LogP contribution is -2.54. The van der Waals surface area contributed by atoms with Gasteiger partial charge in [-0.25, -0.2) is 4.98 Å². The SMILES string of the molecule is COc1cc2c(cc1N1CCOCC1)C/C(=C\c1cccc(C(O)(C(F)(F)F)C(F)(F)F)n1)C2=O. The number of hydrogen-bond donors (Lipinski definition) is 1. The van der Waals surface area contributed by atoms with E-state index in [2.05, 4.69) is 4.98 Å². The number of aromatic nitrogens is 1. The summed E-state index contributed by atoms with van der Waals surface area (Å²) >= 11 is 0. The lowest BCUT2D eigenvalue weighted by molar-refractivity contribution is -0.377. The van der Waals surface area contributed by atoms with E-state index in [0.717, 1.165) is 23.9 Å². The molecule has 1 fully saturated rings. The van der Waals surface area contributed by atoms with Crippen molar-refractivity contribution in [2.45, 2.75) is 24.4 Å². The Labute approximate surface area is 195 Å². The van der Waals surface area contributed by atoms with E-state index in [1.165, 1.54) is 7.11 Å². The molecule has 1 aliphatic heterocycles. The smallest absolute Gasteiger partial charge is 0.432 e. The summed E-state index contributed by atoms with van der Waals surface area (Å²) in [5.41, 5.74) is -5.27. The predicted molar refractivity (Wildman–Crippen MR) is 112 cm³/mol. The molecule has 0 saturated carbocycles. The fourth-order valence-corrected chi connectivity index (χ4v) is 4.12. The summed E-state index contributed by atoms with van der Waals surface area (Å²) in [4.78, 5) is 18.4. The van der Waals surface area contributed by atoms with E-state index in [0.29, 0.717) is 49.2 Å². The van der Waals surface area contributed by atoms with Crippen LogP contribution in [0.25, 0.3) is 6.08 Å². The highest BCUT2D eigenvalue weighted by atomic mass is 19.4. The minimum absolute atomic E-state index is 0.101. The minimum atomic E-state index is -6.06. The number of rotatable bonds is 4. The van der Waals surface area contributed by atoms with Gasteiger partial charge in [0.1, 0.15) is 5.75 Å². The van der Waals surface area contributed by atoms with Crippen LogP contribution < -0.4 is 9.64 Å². The first-order valence-electron chi connectivity index (χ1n) is 10.5. The van der Waals surface area contributed by atoms with Gasteiger partial charge in [0.2, 0.25) is 0 Å². The molecule has 0 radical (unpaired) electrons. The van der Waals surface area contributed by atoms with E-state index in [4.69, 9.17) is 9.47 Å². The molecule has 0 bridgehead atoms. The second-order valence-corrected chi connectivity index (χ2v) is 8.11. The zero-order chi connectivity index (χ0) is 25.6. The zero-order valence-corrected chi connectivity index (χ0v) is 18.3. The number of hydrogen-bond acceptors (Lipinski definition) is 6. The Morgan fingerprint density at radius 2 is 1.74 bits per heavy atom. The van der Waals surface area contributed by atoms with E-state index in [1.54, 1.807) is 12.1 Å². The number of carbonyl (C=O) groups excluding carboxylic acids is 1. The molecule has 0 amide bonds. The number of Topliss-reactive ketones (excluding diaryl/α,β-unsaturated/α-hetero) is 1. The Kier molecular flexibility index (Phi) is 6.30. The first kappa shape index (κ1) is 25.0. The molecule has 1 saturated heterocycles. The van der Waals surface area contributed by atoms with Crippen LogP contribution in [0.3, 0.4) is 0 Å². The number of morpholine rings is 1. The molecule has 1 aliphatic carbocycles. The molecule has 188 valence electrons. The van der Waals surface area contributed by atoms with Crippen LogP contribution in [0, 0.1) is 0 Å². The van der Waals surface area contributed by atoms with Gasteiger partial charge in [0.15, 0.2) is 5.78 Å². The highest BCUT2D eigenvalue weighted by Gasteiger charge is 2.72. The number of pyridine rings is 1. The zero-order valence-electron chi connectivity index (χ0n) is 18.3. The van der Waals surface area contributed by atoms with Crippen molar-refractivity contribution in [1.82, 2.24) is 4.98 Å². The van der Waals surface area contributed by atoms with Crippen molar-refractivity contribution in [3.63, 3.8) is 0 Å². The standard InChI is InChI=1S/C23H20F6N2O4/c1-34-18-12-16-13(11-17(18)31-5-7-35-8-6-31)9-14(20(16)32)10-15-3-2-4-19(30-15)21(33,22(24,25)26)23(27,28)29/h2-4,10-12,33H,5-9H2,1H3/b14-10+. The number of alkyl halides is 6. The maximum atomic E-state index is 13.2. The Balaban J connectivity index is 1.70. The molecule has 1 aromatic carbocycles. The number of aliphatic hydroxyl groups is 1. The third kappa shape index (κ3) is 4.36. The van der Waals surface area contributed by atoms with Crippen molar-refractivity contribution in [2.24, 2.45) is 0 Å². The number of nitrogens with zero attached hydrogens (tertiary/aromatic N) is 2. The van der Waals surface area contributed by atoms with E-state index in [1.807, 2.05) is 4.90 Å². The molecule has 4 rings (SSSR count). The summed E-state index contributed by atoms with van der Waals surface area (Å²) in [6.07, 6.45) is -10.9. The Hall–Kier alpha value is -3.12. The van der Waals surface area contributed by atoms with Crippen LogP contribution in [0.15, 0.2) is 35.9 Å². The summed E-state index contributed by atoms with van der Waals surface area (Å²) in [6.45, 7) is 2.27. The average Bonchev–Trinajstić information content (AvgIpc) is 3.11. The molecular weight excluding hydrogens is 482 g/mol. The number of benzene rings is 1. The first-order chi connectivity index (χ1) is 16.4. The van der Waals surface area contributed by atoms with E-state index >= 15 is 0 Å². The second kappa shape index (κ2) is 8.83. The van der Waals surface area contributed by atoms with E-state index in [-0.39, 0.29) is 17.7 Å². The highest BCUT2D eigenvalue weighted by Crippen LogP contribution is 2.49. The number of ether oxygens (including phenoxy) is 2. The van der Waals surface area contributed by atoms with Crippen molar-refractivity contribution >= 4 is 17.5 Å². The van der Waals surface area contributed by atoms with Crippen molar-refractivity contribution < 1.29 is 45.7 Å². The highest BCUT2D eigenvalue weighted by molar-refractivity contribution is 6.16. The summed E-state index contributed by atoms with van der Waals surface area (Å²) in [7, 11) is 1.46. The second-order valence-electron chi connectivity index (χ2n) is 8.11. The van der Waals surface area contributed by atoms with Gasteiger partial charge in [0.05, 0.1) is 37.4 Å². The molecule has 35 heavy (non-hydrogen) atoms. The molecule has 1 N–H and O–H groups in total. The molecule has 0 spiro atoms. The molecular formula is C23H20F6N2O4. The van der Waals surface area contributed by atoms with Crippen LogP contribution in [-0.2, 0) is 16.8 Å². The minimum Gasteiger partial charge on any atom is -0.495 e. The molecule has 2 heterocycles. The molecule has 2 aliphatic rings. The topological polar surface area (TPSA) is 71.9 Å². The normalized spacial score (nSPS) is 18.2. The van der Waals surface area contributed by atoms with Crippen LogP contribution in [0.5, 0.6) is 5.75 Å². The van der Waals surface area contributed by atoms with Gasteiger partial charge in [-0.1, -0.05) is 6.07 Å². The predicted octanol–water partition coefficient (Wildman–Crippen LogP) is 4.06. The summed E-state index contributed by atoms with van der Waals surface area (Å²) in [5.74, 6) is 0.0155. The number of halogens is 6. The molecule has 0 atom stereocenters. The lowest BCUT2D eigenvalue weighted by atomic mass is 9.97. The monoisotopic (exact) mass is 502 g/mol. The number of anilines is 1. The number of carbonyl (C=O) groups is 1. The Bertz CT molecular complexity index is 1160. The Morgan fingerprint density at radius 3 is 2.34 bits per heavy atom. The van der Waals surface area contributed by atoms with Crippen LogP contribution in [0.2, 0.25) is 0 Å². The van der Waals surface area contributed by atoms with Crippen LogP contribution in [-0.4, -0.2) is 61.6 Å². The van der Waals surface area contributed by atoms with Crippen molar-refractivity contribution in [3.05, 3.63) is 58.4 Å². The average molecular weight is 502 g/mol. The van der Waals surface area contributed by atoms with E-state index < -0.39 is 29.4 Å². The lowest BCUT2D eigenvalue weighted by Gasteiger charge is -2.31.